The van der Waals surface area contributed by atoms with Crippen molar-refractivity contribution in [1.82, 2.24) is 5.32 Å². The minimum atomic E-state index is -0.830. The average molecular weight is 317 g/mol. The number of amides is 2. The highest BCUT2D eigenvalue weighted by Gasteiger charge is 2.09. The molecule has 0 saturated carbocycles. The third-order valence-corrected chi connectivity index (χ3v) is 3.19. The van der Waals surface area contributed by atoms with Crippen molar-refractivity contribution in [2.24, 2.45) is 5.92 Å². The highest BCUT2D eigenvalue weighted by atomic mass is 35.5. The summed E-state index contributed by atoms with van der Waals surface area (Å²) in [5, 5.41) is 13.9. The van der Waals surface area contributed by atoms with E-state index in [2.05, 4.69) is 10.6 Å². The van der Waals surface area contributed by atoms with Crippen LogP contribution >= 0.6 is 11.6 Å². The van der Waals surface area contributed by atoms with Crippen LogP contribution in [0.25, 0.3) is 0 Å². The van der Waals surface area contributed by atoms with Gasteiger partial charge in [0.25, 0.3) is 0 Å². The molecule has 1 rings (SSSR count). The van der Waals surface area contributed by atoms with Crippen molar-refractivity contribution < 1.29 is 19.1 Å². The summed E-state index contributed by atoms with van der Waals surface area (Å²) in [6.07, 6.45) is 1.32. The van der Waals surface area contributed by atoms with Crippen LogP contribution in [-0.4, -0.2) is 23.7 Å². The van der Waals surface area contributed by atoms with Gasteiger partial charge in [-0.25, -0.2) is 9.18 Å². The van der Waals surface area contributed by atoms with Gasteiger partial charge in [-0.2, -0.15) is 0 Å². The first-order valence-electron chi connectivity index (χ1n) is 6.60. The molecule has 0 aliphatic heterocycles. The number of benzene rings is 1. The van der Waals surface area contributed by atoms with E-state index in [0.29, 0.717) is 24.4 Å². The van der Waals surface area contributed by atoms with Crippen LogP contribution in [0.15, 0.2) is 18.2 Å². The number of carboxylic acid groups (broad SMARTS) is 1. The van der Waals surface area contributed by atoms with Crippen LogP contribution in [0.2, 0.25) is 5.02 Å². The Morgan fingerprint density at radius 1 is 1.38 bits per heavy atom. The average Bonchev–Trinajstić information content (AvgIpc) is 2.40. The van der Waals surface area contributed by atoms with E-state index >= 15 is 0 Å². The largest absolute Gasteiger partial charge is 0.481 e. The minimum absolute atomic E-state index is 0.0129. The molecule has 1 atom stereocenters. The molecule has 0 spiro atoms. The lowest BCUT2D eigenvalue weighted by Gasteiger charge is -2.12. The summed E-state index contributed by atoms with van der Waals surface area (Å²) in [5.41, 5.74) is 0.0129. The summed E-state index contributed by atoms with van der Waals surface area (Å²) in [6.45, 7) is 2.30. The van der Waals surface area contributed by atoms with E-state index in [-0.39, 0.29) is 18.0 Å². The predicted molar refractivity (Wildman–Crippen MR) is 79.1 cm³/mol. The maximum Gasteiger partial charge on any atom is 0.319 e. The maximum atomic E-state index is 13.4. The van der Waals surface area contributed by atoms with Gasteiger partial charge in [0.2, 0.25) is 0 Å². The maximum absolute atomic E-state index is 13.4. The van der Waals surface area contributed by atoms with Crippen LogP contribution in [0, 0.1) is 11.7 Å². The number of aliphatic carboxylic acids is 1. The van der Waals surface area contributed by atoms with E-state index in [4.69, 9.17) is 16.7 Å². The Kier molecular flexibility index (Phi) is 6.94. The first-order chi connectivity index (χ1) is 9.88. The van der Waals surface area contributed by atoms with Crippen LogP contribution < -0.4 is 10.6 Å². The number of carboxylic acids is 1. The van der Waals surface area contributed by atoms with E-state index in [9.17, 15) is 14.0 Å². The molecule has 1 unspecified atom stereocenters. The quantitative estimate of drug-likeness (QED) is 0.720. The van der Waals surface area contributed by atoms with Crippen molar-refractivity contribution in [2.75, 3.05) is 11.9 Å². The smallest absolute Gasteiger partial charge is 0.319 e. The summed E-state index contributed by atoms with van der Waals surface area (Å²) < 4.78 is 13.4. The van der Waals surface area contributed by atoms with E-state index in [1.807, 2.05) is 6.92 Å². The van der Waals surface area contributed by atoms with Crippen molar-refractivity contribution in [3.8, 4) is 0 Å². The Balaban J connectivity index is 2.31. The van der Waals surface area contributed by atoms with Crippen LogP contribution in [0.4, 0.5) is 14.9 Å². The molecule has 3 N–H and O–H groups in total. The molecule has 5 nitrogen and oxygen atoms in total. The van der Waals surface area contributed by atoms with E-state index < -0.39 is 17.8 Å². The second-order valence-corrected chi connectivity index (χ2v) is 5.27. The lowest BCUT2D eigenvalue weighted by Crippen LogP contribution is -2.30. The fourth-order valence-corrected chi connectivity index (χ4v) is 1.88. The van der Waals surface area contributed by atoms with Gasteiger partial charge in [0.1, 0.15) is 5.82 Å². The van der Waals surface area contributed by atoms with Crippen LogP contribution in [-0.2, 0) is 4.79 Å². The number of carbonyl (C=O) groups excluding carboxylic acids is 1. The molecule has 1 aromatic carbocycles. The van der Waals surface area contributed by atoms with Gasteiger partial charge in [0, 0.05) is 18.0 Å². The number of hydrogen-bond acceptors (Lipinski definition) is 2. The fraction of sp³-hybridized carbons (Fsp3) is 0.429. The van der Waals surface area contributed by atoms with Gasteiger partial charge < -0.3 is 15.7 Å². The van der Waals surface area contributed by atoms with Gasteiger partial charge in [-0.15, -0.1) is 0 Å². The molecule has 0 radical (unpaired) electrons. The number of hydrogen-bond donors (Lipinski definition) is 3. The normalized spacial score (nSPS) is 11.8. The summed E-state index contributed by atoms with van der Waals surface area (Å²) in [4.78, 5) is 22.0. The molecular formula is C14H18ClFN2O3. The van der Waals surface area contributed by atoms with Crippen molar-refractivity contribution >= 4 is 29.3 Å². The molecule has 7 heteroatoms. The number of urea groups is 1. The number of carbonyl (C=O) groups is 2. The summed E-state index contributed by atoms with van der Waals surface area (Å²) in [7, 11) is 0. The monoisotopic (exact) mass is 316 g/mol. The predicted octanol–water partition coefficient (Wildman–Crippen LogP) is 3.49. The van der Waals surface area contributed by atoms with Crippen LogP contribution in [0.3, 0.4) is 0 Å². The summed E-state index contributed by atoms with van der Waals surface area (Å²) in [6, 6.07) is 3.36. The van der Waals surface area contributed by atoms with Gasteiger partial charge >= 0.3 is 12.0 Å². The molecular weight excluding hydrogens is 299 g/mol. The molecule has 21 heavy (non-hydrogen) atoms. The third-order valence-electron chi connectivity index (χ3n) is 2.95. The fourth-order valence-electron chi connectivity index (χ4n) is 1.71. The van der Waals surface area contributed by atoms with Crippen LogP contribution in [0.1, 0.15) is 26.2 Å². The molecule has 0 aliphatic carbocycles. The highest BCUT2D eigenvalue weighted by Crippen LogP contribution is 2.19. The van der Waals surface area contributed by atoms with Crippen molar-refractivity contribution in [3.63, 3.8) is 0 Å². The molecule has 0 aromatic heterocycles. The molecule has 0 heterocycles. The Labute approximate surface area is 127 Å². The molecule has 116 valence electrons. The van der Waals surface area contributed by atoms with Crippen molar-refractivity contribution in [3.05, 3.63) is 29.0 Å². The van der Waals surface area contributed by atoms with Gasteiger partial charge in [0.15, 0.2) is 0 Å². The molecule has 1 aromatic rings. The molecule has 0 saturated heterocycles. The SMILES string of the molecule is CC(CCNC(=O)Nc1cc(Cl)ccc1F)CCC(=O)O. The Morgan fingerprint density at radius 2 is 2.10 bits per heavy atom. The number of anilines is 1. The van der Waals surface area contributed by atoms with Gasteiger partial charge in [0.05, 0.1) is 5.69 Å². The molecule has 2 amide bonds. The lowest BCUT2D eigenvalue weighted by molar-refractivity contribution is -0.137. The second kappa shape index (κ2) is 8.46. The number of nitrogens with one attached hydrogen (secondary N) is 2. The zero-order valence-corrected chi connectivity index (χ0v) is 12.4. The van der Waals surface area contributed by atoms with E-state index in [0.717, 1.165) is 0 Å². The standard InChI is InChI=1S/C14H18ClFN2O3/c1-9(2-5-13(19)20)6-7-17-14(21)18-12-8-10(15)3-4-11(12)16/h3-4,8-9H,2,5-7H2,1H3,(H,19,20)(H2,17,18,21). The Morgan fingerprint density at radius 3 is 2.76 bits per heavy atom. The molecule has 0 fully saturated rings. The lowest BCUT2D eigenvalue weighted by atomic mass is 10.0. The minimum Gasteiger partial charge on any atom is -0.481 e. The van der Waals surface area contributed by atoms with E-state index in [1.165, 1.54) is 18.2 Å². The van der Waals surface area contributed by atoms with Gasteiger partial charge in [-0.05, 0) is 37.0 Å². The zero-order chi connectivity index (χ0) is 15.8. The van der Waals surface area contributed by atoms with E-state index in [1.54, 1.807) is 0 Å². The Bertz CT molecular complexity index is 511. The number of halogens is 2. The molecule has 0 bridgehead atoms. The summed E-state index contributed by atoms with van der Waals surface area (Å²) >= 11 is 5.72. The zero-order valence-electron chi connectivity index (χ0n) is 11.7. The second-order valence-electron chi connectivity index (χ2n) is 4.83. The van der Waals surface area contributed by atoms with Crippen molar-refractivity contribution in [1.29, 1.82) is 0 Å². The van der Waals surface area contributed by atoms with Crippen LogP contribution in [0.5, 0.6) is 0 Å². The first-order valence-corrected chi connectivity index (χ1v) is 6.98. The van der Waals surface area contributed by atoms with Gasteiger partial charge in [-0.3, -0.25) is 4.79 Å². The van der Waals surface area contributed by atoms with Crippen molar-refractivity contribution in [2.45, 2.75) is 26.2 Å². The topological polar surface area (TPSA) is 78.4 Å². The molecule has 0 aliphatic rings. The summed E-state index contributed by atoms with van der Waals surface area (Å²) in [5.74, 6) is -1.21. The highest BCUT2D eigenvalue weighted by molar-refractivity contribution is 6.30. The first kappa shape index (κ1) is 17.2. The Hall–Kier alpha value is -1.82. The number of rotatable bonds is 7. The van der Waals surface area contributed by atoms with Gasteiger partial charge in [-0.1, -0.05) is 18.5 Å². The third kappa shape index (κ3) is 6.94.